The third kappa shape index (κ3) is 6.78. The van der Waals surface area contributed by atoms with E-state index < -0.39 is 6.09 Å². The number of rotatable bonds is 10. The van der Waals surface area contributed by atoms with Gasteiger partial charge in [0.15, 0.2) is 0 Å². The van der Waals surface area contributed by atoms with Gasteiger partial charge in [0.2, 0.25) is 5.91 Å². The van der Waals surface area contributed by atoms with Crippen LogP contribution in [0, 0.1) is 0 Å². The average molecular weight is 526 g/mol. The van der Waals surface area contributed by atoms with E-state index in [1.54, 1.807) is 21.9 Å². The lowest BCUT2D eigenvalue weighted by Gasteiger charge is -2.33. The maximum atomic E-state index is 13.2. The number of phenols is 1. The van der Waals surface area contributed by atoms with Crippen LogP contribution in [0.3, 0.4) is 0 Å². The standard InChI is InChI=1S/C27H31N3O6S/c1-2-23(32)30(21-11-15-35-16-12-21)14-17-36-27(34)29(18-19-6-4-3-5-7-19)13-10-20-8-9-22(31)24-25(20)37-26(33)28-24/h2-9,21,31H,1,10-18H2,(H,28,33). The zero-order valence-electron chi connectivity index (χ0n) is 20.6. The van der Waals surface area contributed by atoms with E-state index in [1.165, 1.54) is 6.08 Å². The van der Waals surface area contributed by atoms with Crippen LogP contribution in [-0.2, 0) is 27.2 Å². The summed E-state index contributed by atoms with van der Waals surface area (Å²) in [6.07, 6.45) is 2.74. The van der Waals surface area contributed by atoms with E-state index in [2.05, 4.69) is 11.6 Å². The van der Waals surface area contributed by atoms with Crippen LogP contribution >= 0.6 is 11.3 Å². The van der Waals surface area contributed by atoms with Gasteiger partial charge in [-0.1, -0.05) is 54.3 Å². The van der Waals surface area contributed by atoms with Crippen LogP contribution in [0.2, 0.25) is 0 Å². The molecular weight excluding hydrogens is 494 g/mol. The summed E-state index contributed by atoms with van der Waals surface area (Å²) in [7, 11) is 0. The molecule has 0 spiro atoms. The molecule has 2 N–H and O–H groups in total. The Labute approximate surface area is 218 Å². The Morgan fingerprint density at radius 3 is 2.65 bits per heavy atom. The molecule has 0 bridgehead atoms. The van der Waals surface area contributed by atoms with Gasteiger partial charge in [-0.15, -0.1) is 0 Å². The molecule has 0 saturated carbocycles. The minimum absolute atomic E-state index is 0.0146. The summed E-state index contributed by atoms with van der Waals surface area (Å²) in [5, 5.41) is 10.1. The van der Waals surface area contributed by atoms with Crippen molar-refractivity contribution in [2.24, 2.45) is 0 Å². The molecule has 0 atom stereocenters. The molecule has 10 heteroatoms. The summed E-state index contributed by atoms with van der Waals surface area (Å²) in [4.78, 5) is 43.2. The first-order chi connectivity index (χ1) is 18.0. The third-order valence-corrected chi connectivity index (χ3v) is 7.37. The maximum absolute atomic E-state index is 13.2. The van der Waals surface area contributed by atoms with Gasteiger partial charge in [0.1, 0.15) is 17.9 Å². The number of nitrogens with zero attached hydrogens (tertiary/aromatic N) is 2. The van der Waals surface area contributed by atoms with E-state index in [9.17, 15) is 19.5 Å². The van der Waals surface area contributed by atoms with Crippen molar-refractivity contribution in [2.45, 2.75) is 31.8 Å². The summed E-state index contributed by atoms with van der Waals surface area (Å²) >= 11 is 1.03. The Balaban J connectivity index is 1.43. The number of aromatic nitrogens is 1. The summed E-state index contributed by atoms with van der Waals surface area (Å²) in [5.74, 6) is -0.174. The highest BCUT2D eigenvalue weighted by atomic mass is 32.1. The van der Waals surface area contributed by atoms with Crippen LogP contribution in [0.15, 0.2) is 59.9 Å². The zero-order valence-corrected chi connectivity index (χ0v) is 21.4. The van der Waals surface area contributed by atoms with Gasteiger partial charge in [-0.25, -0.2) is 4.79 Å². The Hall–Kier alpha value is -3.63. The van der Waals surface area contributed by atoms with Gasteiger partial charge in [0, 0.05) is 32.3 Å². The smallest absolute Gasteiger partial charge is 0.410 e. The number of benzene rings is 2. The number of hydrogen-bond acceptors (Lipinski definition) is 7. The molecule has 1 aromatic heterocycles. The molecule has 196 valence electrons. The lowest BCUT2D eigenvalue weighted by atomic mass is 10.1. The second-order valence-electron chi connectivity index (χ2n) is 8.81. The fourth-order valence-corrected chi connectivity index (χ4v) is 5.37. The number of fused-ring (bicyclic) bond motifs is 1. The van der Waals surface area contributed by atoms with Gasteiger partial charge in [-0.05, 0) is 42.5 Å². The van der Waals surface area contributed by atoms with Crippen molar-refractivity contribution in [1.82, 2.24) is 14.8 Å². The van der Waals surface area contributed by atoms with Crippen LogP contribution in [-0.4, -0.2) is 70.8 Å². The van der Waals surface area contributed by atoms with Gasteiger partial charge in [0.25, 0.3) is 0 Å². The van der Waals surface area contributed by atoms with Crippen molar-refractivity contribution in [3.05, 3.63) is 75.9 Å². The van der Waals surface area contributed by atoms with Crippen LogP contribution < -0.4 is 4.87 Å². The number of H-pyrrole nitrogens is 1. The monoisotopic (exact) mass is 525 g/mol. The number of phenolic OH excluding ortho intramolecular Hbond substituents is 1. The minimum atomic E-state index is -0.487. The largest absolute Gasteiger partial charge is 0.506 e. The highest BCUT2D eigenvalue weighted by Gasteiger charge is 2.25. The van der Waals surface area contributed by atoms with Crippen LogP contribution in [0.4, 0.5) is 4.79 Å². The molecule has 2 aromatic carbocycles. The lowest BCUT2D eigenvalue weighted by molar-refractivity contribution is -0.130. The van der Waals surface area contributed by atoms with Crippen molar-refractivity contribution in [3.8, 4) is 5.75 Å². The molecule has 4 rings (SSSR count). The summed E-state index contributed by atoms with van der Waals surface area (Å²) in [6, 6.07) is 12.9. The number of amides is 2. The summed E-state index contributed by atoms with van der Waals surface area (Å²) < 4.78 is 11.7. The van der Waals surface area contributed by atoms with E-state index in [0.29, 0.717) is 42.9 Å². The van der Waals surface area contributed by atoms with E-state index >= 15 is 0 Å². The molecule has 37 heavy (non-hydrogen) atoms. The SMILES string of the molecule is C=CC(=O)N(CCOC(=O)N(CCc1ccc(O)c2[nH]c(=O)sc12)Cc1ccccc1)C1CCOCC1. The lowest BCUT2D eigenvalue weighted by Crippen LogP contribution is -2.45. The Morgan fingerprint density at radius 1 is 1.16 bits per heavy atom. The normalized spacial score (nSPS) is 13.8. The average Bonchev–Trinajstić information content (AvgIpc) is 3.33. The van der Waals surface area contributed by atoms with E-state index in [4.69, 9.17) is 9.47 Å². The number of ether oxygens (including phenoxy) is 2. The first kappa shape index (κ1) is 26.4. The number of aromatic hydroxyl groups is 1. The number of thiazole rings is 1. The number of nitrogens with one attached hydrogen (secondary N) is 1. The van der Waals surface area contributed by atoms with Crippen molar-refractivity contribution in [2.75, 3.05) is 32.9 Å². The molecular formula is C27H31N3O6S. The number of carbonyl (C=O) groups excluding carboxylic acids is 2. The molecule has 9 nitrogen and oxygen atoms in total. The molecule has 2 amide bonds. The molecule has 0 unspecified atom stereocenters. The molecule has 1 fully saturated rings. The van der Waals surface area contributed by atoms with E-state index in [1.807, 2.05) is 30.3 Å². The Kier molecular flexibility index (Phi) is 8.97. The van der Waals surface area contributed by atoms with Gasteiger partial charge in [-0.3, -0.25) is 9.59 Å². The van der Waals surface area contributed by atoms with Crippen molar-refractivity contribution < 1.29 is 24.2 Å². The Bertz CT molecular complexity index is 1280. The highest BCUT2D eigenvalue weighted by molar-refractivity contribution is 7.16. The number of carbonyl (C=O) groups is 2. The molecule has 1 saturated heterocycles. The van der Waals surface area contributed by atoms with Crippen molar-refractivity contribution >= 4 is 33.6 Å². The van der Waals surface area contributed by atoms with Crippen LogP contribution in [0.25, 0.3) is 10.2 Å². The molecule has 0 radical (unpaired) electrons. The molecule has 2 heterocycles. The van der Waals surface area contributed by atoms with Crippen LogP contribution in [0.5, 0.6) is 5.75 Å². The van der Waals surface area contributed by atoms with Gasteiger partial charge in [0.05, 0.1) is 11.2 Å². The number of hydrogen-bond donors (Lipinski definition) is 2. The third-order valence-electron chi connectivity index (χ3n) is 6.41. The second kappa shape index (κ2) is 12.6. The van der Waals surface area contributed by atoms with Crippen molar-refractivity contribution in [1.29, 1.82) is 0 Å². The van der Waals surface area contributed by atoms with Gasteiger partial charge >= 0.3 is 11.0 Å². The molecule has 0 aliphatic carbocycles. The highest BCUT2D eigenvalue weighted by Crippen LogP contribution is 2.28. The topological polar surface area (TPSA) is 112 Å². The number of aromatic amines is 1. The van der Waals surface area contributed by atoms with E-state index in [0.717, 1.165) is 35.3 Å². The first-order valence-electron chi connectivity index (χ1n) is 12.3. The van der Waals surface area contributed by atoms with Crippen LogP contribution in [0.1, 0.15) is 24.0 Å². The zero-order chi connectivity index (χ0) is 26.2. The Morgan fingerprint density at radius 2 is 1.92 bits per heavy atom. The molecule has 1 aliphatic heterocycles. The second-order valence-corrected chi connectivity index (χ2v) is 9.80. The summed E-state index contributed by atoms with van der Waals surface area (Å²) in [6.45, 7) is 5.81. The molecule has 1 aliphatic rings. The predicted molar refractivity (Wildman–Crippen MR) is 142 cm³/mol. The quantitative estimate of drug-likeness (QED) is 0.391. The molecule has 3 aromatic rings. The minimum Gasteiger partial charge on any atom is -0.506 e. The summed E-state index contributed by atoms with van der Waals surface area (Å²) in [5.41, 5.74) is 2.21. The van der Waals surface area contributed by atoms with E-state index in [-0.39, 0.29) is 35.7 Å². The van der Waals surface area contributed by atoms with Crippen molar-refractivity contribution in [3.63, 3.8) is 0 Å². The fraction of sp³-hybridized carbons (Fsp3) is 0.370. The first-order valence-corrected chi connectivity index (χ1v) is 13.1. The fourth-order valence-electron chi connectivity index (χ4n) is 4.47. The maximum Gasteiger partial charge on any atom is 0.410 e. The predicted octanol–water partition coefficient (Wildman–Crippen LogP) is 3.67. The van der Waals surface area contributed by atoms with Gasteiger partial charge < -0.3 is 29.4 Å². The van der Waals surface area contributed by atoms with Gasteiger partial charge in [-0.2, -0.15) is 0 Å².